The zero-order valence-electron chi connectivity index (χ0n) is 19.7. The molecule has 7 nitrogen and oxygen atoms in total. The Hall–Kier alpha value is -2.44. The predicted octanol–water partition coefficient (Wildman–Crippen LogP) is 4.42. The van der Waals surface area contributed by atoms with Crippen LogP contribution in [0.1, 0.15) is 72.0 Å². The summed E-state index contributed by atoms with van der Waals surface area (Å²) in [5.74, 6) is 0.808. The first kappa shape index (κ1) is 24.8. The lowest BCUT2D eigenvalue weighted by Crippen LogP contribution is -2.44. The molecule has 0 fully saturated rings. The fourth-order valence-electron chi connectivity index (χ4n) is 3.83. The first-order valence-corrected chi connectivity index (χ1v) is 11.6. The Morgan fingerprint density at radius 1 is 1.16 bits per heavy atom. The summed E-state index contributed by atoms with van der Waals surface area (Å²) in [6.07, 6.45) is 9.29. The smallest absolute Gasteiger partial charge is 0.328 e. The monoisotopic (exact) mass is 430 g/mol. The number of carbonyl (C=O) groups excluding carboxylic acids is 2. The number of imidazole rings is 1. The molecule has 0 saturated carbocycles. The lowest BCUT2D eigenvalue weighted by atomic mass is 9.99. The van der Waals surface area contributed by atoms with Gasteiger partial charge in [-0.05, 0) is 45.1 Å². The van der Waals surface area contributed by atoms with Gasteiger partial charge in [-0.2, -0.15) is 0 Å². The Balaban J connectivity index is 1.70. The van der Waals surface area contributed by atoms with Crippen LogP contribution in [0.2, 0.25) is 0 Å². The molecule has 2 aromatic rings. The van der Waals surface area contributed by atoms with Gasteiger partial charge in [0.2, 0.25) is 5.91 Å². The molecule has 2 rings (SSSR count). The van der Waals surface area contributed by atoms with E-state index in [0.29, 0.717) is 18.9 Å². The van der Waals surface area contributed by atoms with Gasteiger partial charge in [0.25, 0.3) is 0 Å². The van der Waals surface area contributed by atoms with Gasteiger partial charge in [-0.1, -0.05) is 40.0 Å². The number of aryl methyl sites for hydroxylation is 2. The van der Waals surface area contributed by atoms with Crippen LogP contribution in [-0.4, -0.2) is 39.1 Å². The maximum atomic E-state index is 12.5. The van der Waals surface area contributed by atoms with Gasteiger partial charge in [-0.3, -0.25) is 9.78 Å². The van der Waals surface area contributed by atoms with E-state index in [2.05, 4.69) is 19.9 Å². The molecule has 0 radical (unpaired) electrons. The number of carbonyl (C=O) groups is 2. The van der Waals surface area contributed by atoms with Crippen molar-refractivity contribution in [2.75, 3.05) is 6.61 Å². The second-order valence-electron chi connectivity index (χ2n) is 8.72. The number of unbranched alkanes of at least 4 members (excludes halogenated alkanes) is 3. The molecule has 2 aromatic heterocycles. The van der Waals surface area contributed by atoms with Crippen molar-refractivity contribution in [3.8, 4) is 0 Å². The number of nitrogens with zero attached hydrogens (tertiary/aromatic N) is 3. The standard InChI is InChI=1S/C24H38N4O3/c1-6-31-24(30)20(15-17(2)3)27-23(29)18(4)11-9-7-8-10-14-28-19(5)26-21-16-25-13-12-22(21)28/h12-13,16-18,20H,6-11,14-15H2,1-5H3,(H,27,29)/t18?,20-/m0/s1. The fraction of sp³-hybridized carbons (Fsp3) is 0.667. The minimum absolute atomic E-state index is 0.0622. The molecule has 0 aliphatic carbocycles. The number of hydrogen-bond acceptors (Lipinski definition) is 5. The molecule has 2 atom stereocenters. The molecule has 0 aliphatic rings. The SMILES string of the molecule is CCOC(=O)[C@H](CC(C)C)NC(=O)C(C)CCCCCCn1c(C)nc2cnccc21. The molecule has 7 heteroatoms. The van der Waals surface area contributed by atoms with Crippen molar-refractivity contribution in [2.45, 2.75) is 85.7 Å². The number of aromatic nitrogens is 3. The van der Waals surface area contributed by atoms with Gasteiger partial charge in [0.1, 0.15) is 17.4 Å². The third-order valence-electron chi connectivity index (χ3n) is 5.55. The van der Waals surface area contributed by atoms with Crippen molar-refractivity contribution in [2.24, 2.45) is 11.8 Å². The first-order chi connectivity index (χ1) is 14.8. The van der Waals surface area contributed by atoms with Crippen LogP contribution in [0.4, 0.5) is 0 Å². The lowest BCUT2D eigenvalue weighted by molar-refractivity contribution is -0.148. The van der Waals surface area contributed by atoms with E-state index < -0.39 is 6.04 Å². The minimum atomic E-state index is -0.557. The van der Waals surface area contributed by atoms with Gasteiger partial charge in [-0.15, -0.1) is 0 Å². The second kappa shape index (κ2) is 12.4. The van der Waals surface area contributed by atoms with E-state index in [9.17, 15) is 9.59 Å². The number of nitrogens with one attached hydrogen (secondary N) is 1. The van der Waals surface area contributed by atoms with E-state index in [1.165, 1.54) is 0 Å². The van der Waals surface area contributed by atoms with Crippen molar-refractivity contribution < 1.29 is 14.3 Å². The highest BCUT2D eigenvalue weighted by molar-refractivity contribution is 5.85. The van der Waals surface area contributed by atoms with E-state index in [1.54, 1.807) is 19.3 Å². The van der Waals surface area contributed by atoms with E-state index in [-0.39, 0.29) is 17.8 Å². The Morgan fingerprint density at radius 2 is 1.90 bits per heavy atom. The molecule has 0 aromatic carbocycles. The average molecular weight is 431 g/mol. The summed E-state index contributed by atoms with van der Waals surface area (Å²) in [5.41, 5.74) is 2.08. The number of esters is 1. The van der Waals surface area contributed by atoms with Crippen LogP contribution in [0, 0.1) is 18.8 Å². The largest absolute Gasteiger partial charge is 0.464 e. The molecule has 172 valence electrons. The summed E-state index contributed by atoms with van der Waals surface area (Å²) < 4.78 is 7.36. The van der Waals surface area contributed by atoms with Gasteiger partial charge >= 0.3 is 5.97 Å². The number of ether oxygens (including phenoxy) is 1. The third kappa shape index (κ3) is 7.64. The summed E-state index contributed by atoms with van der Waals surface area (Å²) in [6, 6.07) is 1.46. The van der Waals surface area contributed by atoms with Crippen LogP contribution in [0.5, 0.6) is 0 Å². The van der Waals surface area contributed by atoms with Crippen molar-refractivity contribution in [3.05, 3.63) is 24.3 Å². The molecule has 0 bridgehead atoms. The average Bonchev–Trinajstić information content (AvgIpc) is 3.04. The van der Waals surface area contributed by atoms with E-state index >= 15 is 0 Å². The molecule has 1 unspecified atom stereocenters. The van der Waals surface area contributed by atoms with Crippen LogP contribution in [0.15, 0.2) is 18.5 Å². The molecule has 2 heterocycles. The molecule has 0 spiro atoms. The van der Waals surface area contributed by atoms with Crippen LogP contribution >= 0.6 is 0 Å². The molecule has 1 amide bonds. The van der Waals surface area contributed by atoms with Crippen LogP contribution in [-0.2, 0) is 20.9 Å². The highest BCUT2D eigenvalue weighted by atomic mass is 16.5. The number of pyridine rings is 1. The summed E-state index contributed by atoms with van der Waals surface area (Å²) in [6.45, 7) is 11.1. The van der Waals surface area contributed by atoms with Gasteiger partial charge < -0.3 is 14.6 Å². The van der Waals surface area contributed by atoms with E-state index in [0.717, 1.165) is 55.5 Å². The maximum Gasteiger partial charge on any atom is 0.328 e. The lowest BCUT2D eigenvalue weighted by Gasteiger charge is -2.21. The number of hydrogen-bond donors (Lipinski definition) is 1. The maximum absolute atomic E-state index is 12.5. The van der Waals surface area contributed by atoms with Gasteiger partial charge in [0.15, 0.2) is 0 Å². The van der Waals surface area contributed by atoms with Crippen molar-refractivity contribution in [3.63, 3.8) is 0 Å². The van der Waals surface area contributed by atoms with Crippen LogP contribution < -0.4 is 5.32 Å². The van der Waals surface area contributed by atoms with Crippen molar-refractivity contribution in [1.82, 2.24) is 19.9 Å². The Bertz CT molecular complexity index is 846. The van der Waals surface area contributed by atoms with E-state index in [4.69, 9.17) is 4.74 Å². The molecule has 1 N–H and O–H groups in total. The quantitative estimate of drug-likeness (QED) is 0.375. The van der Waals surface area contributed by atoms with Gasteiger partial charge in [-0.25, -0.2) is 9.78 Å². The summed E-state index contributed by atoms with van der Waals surface area (Å²) in [5, 5.41) is 2.90. The first-order valence-electron chi connectivity index (χ1n) is 11.6. The second-order valence-corrected chi connectivity index (χ2v) is 8.72. The molecular weight excluding hydrogens is 392 g/mol. The highest BCUT2D eigenvalue weighted by Crippen LogP contribution is 2.17. The third-order valence-corrected chi connectivity index (χ3v) is 5.55. The van der Waals surface area contributed by atoms with Crippen LogP contribution in [0.25, 0.3) is 11.0 Å². The number of amides is 1. The topological polar surface area (TPSA) is 86.1 Å². The normalized spacial score (nSPS) is 13.4. The summed E-state index contributed by atoms with van der Waals surface area (Å²) in [4.78, 5) is 33.4. The molecule has 0 aliphatic heterocycles. The zero-order valence-corrected chi connectivity index (χ0v) is 19.7. The Kier molecular flexibility index (Phi) is 9.95. The number of fused-ring (bicyclic) bond motifs is 1. The Morgan fingerprint density at radius 3 is 2.61 bits per heavy atom. The minimum Gasteiger partial charge on any atom is -0.464 e. The van der Waals surface area contributed by atoms with Crippen LogP contribution in [0.3, 0.4) is 0 Å². The predicted molar refractivity (Wildman–Crippen MR) is 123 cm³/mol. The van der Waals surface area contributed by atoms with Crippen molar-refractivity contribution >= 4 is 22.9 Å². The summed E-state index contributed by atoms with van der Waals surface area (Å²) >= 11 is 0. The molecule has 31 heavy (non-hydrogen) atoms. The number of rotatable bonds is 13. The van der Waals surface area contributed by atoms with E-state index in [1.807, 2.05) is 33.8 Å². The highest BCUT2D eigenvalue weighted by Gasteiger charge is 2.25. The molecule has 0 saturated heterocycles. The van der Waals surface area contributed by atoms with Gasteiger partial charge in [0, 0.05) is 18.7 Å². The summed E-state index contributed by atoms with van der Waals surface area (Å²) in [7, 11) is 0. The fourth-order valence-corrected chi connectivity index (χ4v) is 3.83. The van der Waals surface area contributed by atoms with Gasteiger partial charge in [0.05, 0.1) is 18.3 Å². The Labute approximate surface area is 186 Å². The molecular formula is C24H38N4O3. The van der Waals surface area contributed by atoms with Crippen molar-refractivity contribution in [1.29, 1.82) is 0 Å². The zero-order chi connectivity index (χ0) is 22.8.